The predicted octanol–water partition coefficient (Wildman–Crippen LogP) is 6.16. The monoisotopic (exact) mass is 381 g/mol. The Labute approximate surface area is 133 Å². The highest BCUT2D eigenvalue weighted by atomic mass is 79.9. The van der Waals surface area contributed by atoms with Crippen molar-refractivity contribution >= 4 is 56.4 Å². The van der Waals surface area contributed by atoms with E-state index in [1.807, 2.05) is 0 Å². The fourth-order valence-corrected chi connectivity index (χ4v) is 2.46. The lowest BCUT2D eigenvalue weighted by Gasteiger charge is -2.11. The molecule has 0 radical (unpaired) electrons. The summed E-state index contributed by atoms with van der Waals surface area (Å²) in [6.07, 6.45) is 0. The minimum Gasteiger partial charge on any atom is -0.381 e. The maximum atomic E-state index is 13.4. The molecule has 0 atom stereocenters. The van der Waals surface area contributed by atoms with E-state index in [-0.39, 0.29) is 5.82 Å². The van der Waals surface area contributed by atoms with Gasteiger partial charge in [-0.1, -0.05) is 34.8 Å². The average molecular weight is 383 g/mol. The van der Waals surface area contributed by atoms with Gasteiger partial charge in [-0.05, 0) is 46.3 Å². The van der Waals surface area contributed by atoms with Gasteiger partial charge in [0.05, 0.1) is 14.5 Å². The van der Waals surface area contributed by atoms with Gasteiger partial charge in [-0.15, -0.1) is 0 Å². The molecule has 0 aliphatic heterocycles. The summed E-state index contributed by atoms with van der Waals surface area (Å²) in [5, 5.41) is 4.40. The third-order valence-electron chi connectivity index (χ3n) is 2.53. The van der Waals surface area contributed by atoms with Crippen LogP contribution >= 0.6 is 50.7 Å². The summed E-state index contributed by atoms with van der Waals surface area (Å²) in [5.74, 6) is -0.340. The summed E-state index contributed by atoms with van der Waals surface area (Å²) in [5.41, 5.74) is 1.31. The summed E-state index contributed by atoms with van der Waals surface area (Å²) in [6, 6.07) is 8.07. The van der Waals surface area contributed by atoms with E-state index in [4.69, 9.17) is 34.8 Å². The van der Waals surface area contributed by atoms with Crippen molar-refractivity contribution in [2.45, 2.75) is 6.54 Å². The van der Waals surface area contributed by atoms with Gasteiger partial charge in [-0.2, -0.15) is 0 Å². The first-order valence-electron chi connectivity index (χ1n) is 5.30. The first kappa shape index (κ1) is 14.9. The van der Waals surface area contributed by atoms with E-state index in [1.165, 1.54) is 6.07 Å². The molecule has 0 aliphatic carbocycles. The van der Waals surface area contributed by atoms with Crippen molar-refractivity contribution in [1.29, 1.82) is 0 Å². The molecule has 19 heavy (non-hydrogen) atoms. The average Bonchev–Trinajstić information content (AvgIpc) is 2.38. The topological polar surface area (TPSA) is 12.0 Å². The number of benzene rings is 2. The Hall–Kier alpha value is -0.480. The number of nitrogens with one attached hydrogen (secondary N) is 1. The molecule has 2 aromatic rings. The summed E-state index contributed by atoms with van der Waals surface area (Å²) in [7, 11) is 0. The van der Waals surface area contributed by atoms with Gasteiger partial charge in [0.2, 0.25) is 0 Å². The minimum atomic E-state index is -0.340. The number of halogens is 5. The highest BCUT2D eigenvalue weighted by Gasteiger charge is 2.09. The summed E-state index contributed by atoms with van der Waals surface area (Å²) in [6.45, 7) is 0.360. The van der Waals surface area contributed by atoms with Crippen molar-refractivity contribution in [2.75, 3.05) is 5.32 Å². The van der Waals surface area contributed by atoms with Crippen molar-refractivity contribution in [2.24, 2.45) is 0 Å². The van der Waals surface area contributed by atoms with Crippen LogP contribution in [0.4, 0.5) is 10.1 Å². The Kier molecular flexibility index (Phi) is 4.96. The lowest BCUT2D eigenvalue weighted by molar-refractivity contribution is 0.621. The molecule has 2 aromatic carbocycles. The number of anilines is 1. The van der Waals surface area contributed by atoms with Gasteiger partial charge in [0.15, 0.2) is 0 Å². The first-order chi connectivity index (χ1) is 8.99. The molecule has 0 aliphatic rings. The molecule has 2 rings (SSSR count). The van der Waals surface area contributed by atoms with Crippen LogP contribution in [0, 0.1) is 5.82 Å². The van der Waals surface area contributed by atoms with E-state index in [0.29, 0.717) is 37.3 Å². The van der Waals surface area contributed by atoms with Crippen molar-refractivity contribution in [3.63, 3.8) is 0 Å². The molecule has 0 amide bonds. The molecule has 0 heterocycles. The van der Waals surface area contributed by atoms with E-state index in [9.17, 15) is 4.39 Å². The maximum absolute atomic E-state index is 13.4. The quantitative estimate of drug-likeness (QED) is 0.626. The zero-order valence-corrected chi connectivity index (χ0v) is 13.3. The van der Waals surface area contributed by atoms with Crippen LogP contribution < -0.4 is 5.32 Å². The second kappa shape index (κ2) is 6.31. The highest BCUT2D eigenvalue weighted by Crippen LogP contribution is 2.32. The molecule has 6 heteroatoms. The van der Waals surface area contributed by atoms with E-state index in [1.54, 1.807) is 24.3 Å². The molecule has 0 saturated heterocycles. The SMILES string of the molecule is Fc1cc(NCc2c(Cl)ccc(Cl)c2Cl)ccc1Br. The standard InChI is InChI=1S/C13H8BrCl3FN/c14-9-2-1-7(5-12(9)18)19-6-8-10(15)3-4-11(16)13(8)17/h1-5,19H,6H2. The number of hydrogen-bond donors (Lipinski definition) is 1. The van der Waals surface area contributed by atoms with Gasteiger partial charge in [0, 0.05) is 22.8 Å². The largest absolute Gasteiger partial charge is 0.381 e. The van der Waals surface area contributed by atoms with Crippen molar-refractivity contribution < 1.29 is 4.39 Å². The predicted molar refractivity (Wildman–Crippen MR) is 82.9 cm³/mol. The van der Waals surface area contributed by atoms with Crippen molar-refractivity contribution in [3.05, 3.63) is 61.3 Å². The Balaban J connectivity index is 2.19. The third kappa shape index (κ3) is 3.54. The van der Waals surface area contributed by atoms with Crippen LogP contribution in [0.3, 0.4) is 0 Å². The summed E-state index contributed by atoms with van der Waals surface area (Å²) >= 11 is 21.2. The summed E-state index contributed by atoms with van der Waals surface area (Å²) < 4.78 is 13.8. The van der Waals surface area contributed by atoms with Gasteiger partial charge in [-0.25, -0.2) is 4.39 Å². The van der Waals surface area contributed by atoms with Crippen LogP contribution in [0.15, 0.2) is 34.8 Å². The van der Waals surface area contributed by atoms with Gasteiger partial charge >= 0.3 is 0 Å². The molecular weight excluding hydrogens is 375 g/mol. The van der Waals surface area contributed by atoms with E-state index in [2.05, 4.69) is 21.2 Å². The first-order valence-corrected chi connectivity index (χ1v) is 7.23. The third-order valence-corrected chi connectivity index (χ3v) is 4.37. The van der Waals surface area contributed by atoms with Crippen LogP contribution in [0.2, 0.25) is 15.1 Å². The smallest absolute Gasteiger partial charge is 0.139 e. The molecule has 0 aromatic heterocycles. The normalized spacial score (nSPS) is 10.6. The molecule has 1 N–H and O–H groups in total. The zero-order chi connectivity index (χ0) is 14.0. The van der Waals surface area contributed by atoms with Gasteiger partial charge < -0.3 is 5.32 Å². The molecule has 0 fully saturated rings. The maximum Gasteiger partial charge on any atom is 0.139 e. The molecule has 0 unspecified atom stereocenters. The molecule has 0 spiro atoms. The summed E-state index contributed by atoms with van der Waals surface area (Å²) in [4.78, 5) is 0. The molecule has 1 nitrogen and oxygen atoms in total. The number of hydrogen-bond acceptors (Lipinski definition) is 1. The Morgan fingerprint density at radius 3 is 2.42 bits per heavy atom. The van der Waals surface area contributed by atoms with Crippen LogP contribution in [0.5, 0.6) is 0 Å². The molecule has 100 valence electrons. The lowest BCUT2D eigenvalue weighted by Crippen LogP contribution is -2.01. The van der Waals surface area contributed by atoms with E-state index < -0.39 is 0 Å². The second-order valence-electron chi connectivity index (χ2n) is 3.80. The Morgan fingerprint density at radius 1 is 1.05 bits per heavy atom. The second-order valence-corrected chi connectivity index (χ2v) is 5.85. The van der Waals surface area contributed by atoms with Crippen molar-refractivity contribution in [1.82, 2.24) is 0 Å². The fraction of sp³-hybridized carbons (Fsp3) is 0.0769. The van der Waals surface area contributed by atoms with Crippen LogP contribution in [-0.2, 0) is 6.54 Å². The van der Waals surface area contributed by atoms with Crippen molar-refractivity contribution in [3.8, 4) is 0 Å². The highest BCUT2D eigenvalue weighted by molar-refractivity contribution is 9.10. The van der Waals surface area contributed by atoms with E-state index in [0.717, 1.165) is 0 Å². The van der Waals surface area contributed by atoms with Crippen LogP contribution in [0.1, 0.15) is 5.56 Å². The Morgan fingerprint density at radius 2 is 1.74 bits per heavy atom. The van der Waals surface area contributed by atoms with Gasteiger partial charge in [0.25, 0.3) is 0 Å². The fourth-order valence-electron chi connectivity index (χ4n) is 1.53. The lowest BCUT2D eigenvalue weighted by atomic mass is 10.2. The van der Waals surface area contributed by atoms with Gasteiger partial charge in [-0.3, -0.25) is 0 Å². The zero-order valence-electron chi connectivity index (χ0n) is 9.48. The van der Waals surface area contributed by atoms with Gasteiger partial charge in [0.1, 0.15) is 5.82 Å². The Bertz CT molecular complexity index is 619. The minimum absolute atomic E-state index is 0.340. The molecular formula is C13H8BrCl3FN. The van der Waals surface area contributed by atoms with Crippen LogP contribution in [-0.4, -0.2) is 0 Å². The number of rotatable bonds is 3. The molecule has 0 saturated carbocycles. The molecule has 0 bridgehead atoms. The van der Waals surface area contributed by atoms with Crippen LogP contribution in [0.25, 0.3) is 0 Å². The van der Waals surface area contributed by atoms with E-state index >= 15 is 0 Å².